The van der Waals surface area contributed by atoms with E-state index in [0.717, 1.165) is 12.3 Å². The predicted molar refractivity (Wildman–Crippen MR) is 76.5 cm³/mol. The monoisotopic (exact) mass is 250 g/mol. The van der Waals surface area contributed by atoms with Gasteiger partial charge in [-0.1, -0.05) is 30.3 Å². The fraction of sp³-hybridized carbons (Fsp3) is 0.571. The van der Waals surface area contributed by atoms with Crippen LogP contribution in [0.5, 0.6) is 0 Å². The highest BCUT2D eigenvalue weighted by molar-refractivity contribution is 7.98. The summed E-state index contributed by atoms with van der Waals surface area (Å²) in [4.78, 5) is 2.57. The third kappa shape index (κ3) is 4.70. The lowest BCUT2D eigenvalue weighted by atomic mass is 10.2. The van der Waals surface area contributed by atoms with E-state index >= 15 is 0 Å². The van der Waals surface area contributed by atoms with Gasteiger partial charge >= 0.3 is 0 Å². The molecule has 1 saturated heterocycles. The van der Waals surface area contributed by atoms with Gasteiger partial charge in [0.2, 0.25) is 0 Å². The Morgan fingerprint density at radius 3 is 2.94 bits per heavy atom. The van der Waals surface area contributed by atoms with E-state index in [1.165, 1.54) is 31.0 Å². The molecule has 1 aliphatic rings. The first kappa shape index (κ1) is 12.9. The van der Waals surface area contributed by atoms with Crippen LogP contribution in [0.3, 0.4) is 0 Å². The van der Waals surface area contributed by atoms with Crippen LogP contribution >= 0.6 is 11.8 Å². The topological polar surface area (TPSA) is 15.3 Å². The van der Waals surface area contributed by atoms with E-state index in [9.17, 15) is 0 Å². The molecule has 94 valence electrons. The summed E-state index contributed by atoms with van der Waals surface area (Å²) in [5, 5.41) is 3.48. The molecular formula is C14H22N2S. The molecule has 1 heterocycles. The molecule has 1 atom stereocenters. The summed E-state index contributed by atoms with van der Waals surface area (Å²) >= 11 is 2.04. The van der Waals surface area contributed by atoms with Crippen LogP contribution in [0.25, 0.3) is 0 Å². The van der Waals surface area contributed by atoms with Crippen molar-refractivity contribution in [3.63, 3.8) is 0 Å². The lowest BCUT2D eigenvalue weighted by Gasteiger charge is -2.31. The fourth-order valence-corrected chi connectivity index (χ4v) is 3.13. The van der Waals surface area contributed by atoms with Crippen molar-refractivity contribution in [1.82, 2.24) is 10.2 Å². The maximum atomic E-state index is 3.48. The second-order valence-corrected chi connectivity index (χ2v) is 5.80. The van der Waals surface area contributed by atoms with E-state index < -0.39 is 0 Å². The zero-order chi connectivity index (χ0) is 11.9. The Kier molecular flexibility index (Phi) is 5.36. The summed E-state index contributed by atoms with van der Waals surface area (Å²) in [6, 6.07) is 11.4. The second-order valence-electron chi connectivity index (χ2n) is 4.69. The zero-order valence-corrected chi connectivity index (χ0v) is 11.4. The van der Waals surface area contributed by atoms with Crippen LogP contribution in [0.1, 0.15) is 12.5 Å². The van der Waals surface area contributed by atoms with Crippen LogP contribution in [-0.2, 0) is 5.75 Å². The van der Waals surface area contributed by atoms with E-state index in [-0.39, 0.29) is 0 Å². The van der Waals surface area contributed by atoms with Crippen molar-refractivity contribution in [1.29, 1.82) is 0 Å². The minimum absolute atomic E-state index is 0.655. The van der Waals surface area contributed by atoms with Gasteiger partial charge < -0.3 is 5.32 Å². The summed E-state index contributed by atoms with van der Waals surface area (Å²) in [5.74, 6) is 2.38. The normalized spacial score (nSPS) is 21.6. The average molecular weight is 250 g/mol. The van der Waals surface area contributed by atoms with Crippen molar-refractivity contribution in [3.05, 3.63) is 35.9 Å². The molecule has 0 radical (unpaired) electrons. The highest BCUT2D eigenvalue weighted by atomic mass is 32.2. The Balaban J connectivity index is 1.60. The number of benzene rings is 1. The number of thioether (sulfide) groups is 1. The number of hydrogen-bond donors (Lipinski definition) is 1. The minimum atomic E-state index is 0.655. The Hall–Kier alpha value is -0.510. The fourth-order valence-electron chi connectivity index (χ4n) is 2.17. The molecule has 3 heteroatoms. The van der Waals surface area contributed by atoms with Crippen LogP contribution in [0.4, 0.5) is 0 Å². The first-order chi connectivity index (χ1) is 8.34. The molecule has 0 unspecified atom stereocenters. The van der Waals surface area contributed by atoms with Crippen molar-refractivity contribution in [2.75, 3.05) is 31.9 Å². The molecule has 0 saturated carbocycles. The maximum Gasteiger partial charge on any atom is 0.0185 e. The number of rotatable bonds is 5. The summed E-state index contributed by atoms with van der Waals surface area (Å²) in [6.07, 6.45) is 0. The van der Waals surface area contributed by atoms with Crippen LogP contribution in [0.2, 0.25) is 0 Å². The zero-order valence-electron chi connectivity index (χ0n) is 10.6. The van der Waals surface area contributed by atoms with Gasteiger partial charge in [0.1, 0.15) is 0 Å². The first-order valence-corrected chi connectivity index (χ1v) is 7.57. The lowest BCUT2D eigenvalue weighted by molar-refractivity contribution is 0.218. The number of nitrogens with zero attached hydrogens (tertiary/aromatic N) is 1. The van der Waals surface area contributed by atoms with Crippen LogP contribution in [-0.4, -0.2) is 42.9 Å². The lowest BCUT2D eigenvalue weighted by Crippen LogP contribution is -2.49. The third-order valence-corrected chi connectivity index (χ3v) is 4.13. The van der Waals surface area contributed by atoms with E-state index in [1.807, 2.05) is 11.8 Å². The summed E-state index contributed by atoms with van der Waals surface area (Å²) < 4.78 is 0. The third-order valence-electron chi connectivity index (χ3n) is 3.12. The molecule has 17 heavy (non-hydrogen) atoms. The second kappa shape index (κ2) is 7.04. The molecule has 1 aliphatic heterocycles. The van der Waals surface area contributed by atoms with Crippen LogP contribution in [0, 0.1) is 0 Å². The van der Waals surface area contributed by atoms with Crippen molar-refractivity contribution >= 4 is 11.8 Å². The van der Waals surface area contributed by atoms with Gasteiger partial charge in [0, 0.05) is 43.7 Å². The maximum absolute atomic E-state index is 3.48. The van der Waals surface area contributed by atoms with Crippen LogP contribution < -0.4 is 5.32 Å². The SMILES string of the molecule is C[C@H]1CN(CCSCc2ccccc2)CCN1. The minimum Gasteiger partial charge on any atom is -0.312 e. The Labute approximate surface area is 109 Å². The molecule has 2 rings (SSSR count). The van der Waals surface area contributed by atoms with Gasteiger partial charge in [-0.05, 0) is 12.5 Å². The van der Waals surface area contributed by atoms with Gasteiger partial charge in [-0.2, -0.15) is 11.8 Å². The summed E-state index contributed by atoms with van der Waals surface area (Å²) in [6.45, 7) is 7.04. The van der Waals surface area contributed by atoms with Gasteiger partial charge in [0.05, 0.1) is 0 Å². The van der Waals surface area contributed by atoms with E-state index in [4.69, 9.17) is 0 Å². The Bertz CT molecular complexity index is 315. The van der Waals surface area contributed by atoms with E-state index in [2.05, 4.69) is 47.5 Å². The van der Waals surface area contributed by atoms with Gasteiger partial charge in [-0.3, -0.25) is 4.90 Å². The molecule has 0 spiro atoms. The summed E-state index contributed by atoms with van der Waals surface area (Å²) in [7, 11) is 0. The van der Waals surface area contributed by atoms with Gasteiger partial charge in [-0.15, -0.1) is 0 Å². The average Bonchev–Trinajstić information content (AvgIpc) is 2.36. The number of nitrogens with one attached hydrogen (secondary N) is 1. The van der Waals surface area contributed by atoms with E-state index in [0.29, 0.717) is 6.04 Å². The van der Waals surface area contributed by atoms with Gasteiger partial charge in [0.25, 0.3) is 0 Å². The number of piperazine rings is 1. The largest absolute Gasteiger partial charge is 0.312 e. The highest BCUT2D eigenvalue weighted by Crippen LogP contribution is 2.12. The quantitative estimate of drug-likeness (QED) is 0.807. The molecule has 0 amide bonds. The molecular weight excluding hydrogens is 228 g/mol. The number of hydrogen-bond acceptors (Lipinski definition) is 3. The molecule has 1 N–H and O–H groups in total. The smallest absolute Gasteiger partial charge is 0.0185 e. The van der Waals surface area contributed by atoms with Crippen molar-refractivity contribution < 1.29 is 0 Å². The van der Waals surface area contributed by atoms with Gasteiger partial charge in [-0.25, -0.2) is 0 Å². The summed E-state index contributed by atoms with van der Waals surface area (Å²) in [5.41, 5.74) is 1.44. The highest BCUT2D eigenvalue weighted by Gasteiger charge is 2.14. The molecule has 0 aliphatic carbocycles. The predicted octanol–water partition coefficient (Wildman–Crippen LogP) is 2.21. The van der Waals surface area contributed by atoms with Crippen molar-refractivity contribution in [2.45, 2.75) is 18.7 Å². The molecule has 0 aromatic heterocycles. The molecule has 1 fully saturated rings. The molecule has 1 aromatic carbocycles. The molecule has 1 aromatic rings. The molecule has 0 bridgehead atoms. The molecule has 2 nitrogen and oxygen atoms in total. The van der Waals surface area contributed by atoms with E-state index in [1.54, 1.807) is 0 Å². The Morgan fingerprint density at radius 1 is 1.35 bits per heavy atom. The standard InChI is InChI=1S/C14H22N2S/c1-13-11-16(8-7-15-13)9-10-17-12-14-5-3-2-4-6-14/h2-6,13,15H,7-12H2,1H3/t13-/m0/s1. The van der Waals surface area contributed by atoms with Crippen molar-refractivity contribution in [3.8, 4) is 0 Å². The van der Waals surface area contributed by atoms with Crippen molar-refractivity contribution in [2.24, 2.45) is 0 Å². The first-order valence-electron chi connectivity index (χ1n) is 6.42. The van der Waals surface area contributed by atoms with Gasteiger partial charge in [0.15, 0.2) is 0 Å². The van der Waals surface area contributed by atoms with Crippen LogP contribution in [0.15, 0.2) is 30.3 Å². The Morgan fingerprint density at radius 2 is 2.18 bits per heavy atom.